The quantitative estimate of drug-likeness (QED) is 0.506. The van der Waals surface area contributed by atoms with Crippen molar-refractivity contribution in [1.29, 1.82) is 0 Å². The van der Waals surface area contributed by atoms with Crippen LogP contribution in [0.5, 0.6) is 5.75 Å². The van der Waals surface area contributed by atoms with Crippen LogP contribution in [0.2, 0.25) is 5.02 Å². The number of methoxy groups -OCH3 is 1. The van der Waals surface area contributed by atoms with Crippen LogP contribution in [0.4, 0.5) is 0 Å². The molecule has 2 rings (SSSR count). The van der Waals surface area contributed by atoms with Crippen LogP contribution >= 0.6 is 11.6 Å². The smallest absolute Gasteiger partial charge is 0.179 e. The van der Waals surface area contributed by atoms with Crippen LogP contribution in [0.1, 0.15) is 24.8 Å². The zero-order chi connectivity index (χ0) is 17.4. The van der Waals surface area contributed by atoms with Crippen LogP contribution in [-0.4, -0.2) is 38.5 Å². The Morgan fingerprint density at radius 3 is 2.26 bits per heavy atom. The summed E-state index contributed by atoms with van der Waals surface area (Å²) in [6, 6.07) is 2.46. The van der Waals surface area contributed by atoms with E-state index in [0.717, 1.165) is 6.26 Å². The number of hydrogen-bond donors (Lipinski definition) is 1. The van der Waals surface area contributed by atoms with Gasteiger partial charge in [-0.1, -0.05) is 11.6 Å². The van der Waals surface area contributed by atoms with E-state index in [1.54, 1.807) is 0 Å². The number of ketones is 2. The number of carbonyl (C=O) groups excluding carboxylic acids is 2. The number of rotatable bonds is 3. The number of sulfone groups is 1. The summed E-state index contributed by atoms with van der Waals surface area (Å²) in [6.45, 7) is 0. The fourth-order valence-electron chi connectivity index (χ4n) is 2.42. The minimum absolute atomic E-state index is 0.0190. The van der Waals surface area contributed by atoms with Gasteiger partial charge >= 0.3 is 0 Å². The summed E-state index contributed by atoms with van der Waals surface area (Å²) in [5.41, 5.74) is -0.318. The SMILES string of the molecule is COc1c(S(C)(=O)=O)ccc(C(O)=C2C(=O)CCCC2=O)c1Cl. The molecule has 1 saturated carbocycles. The third kappa shape index (κ3) is 3.25. The van der Waals surface area contributed by atoms with Crippen LogP contribution < -0.4 is 4.74 Å². The van der Waals surface area contributed by atoms with Crippen molar-refractivity contribution in [3.63, 3.8) is 0 Å². The molecule has 8 heteroatoms. The number of carbonyl (C=O) groups is 2. The summed E-state index contributed by atoms with van der Waals surface area (Å²) in [5, 5.41) is 10.2. The third-order valence-corrected chi connectivity index (χ3v) is 5.02. The average molecular weight is 359 g/mol. The fourth-order valence-corrected chi connectivity index (χ4v) is 3.64. The Morgan fingerprint density at radius 2 is 1.78 bits per heavy atom. The Hall–Kier alpha value is -1.86. The molecule has 1 aliphatic rings. The monoisotopic (exact) mass is 358 g/mol. The van der Waals surface area contributed by atoms with Crippen molar-refractivity contribution < 1.29 is 27.9 Å². The molecule has 0 aliphatic heterocycles. The summed E-state index contributed by atoms with van der Waals surface area (Å²) >= 11 is 6.12. The van der Waals surface area contributed by atoms with Crippen molar-refractivity contribution in [2.24, 2.45) is 0 Å². The highest BCUT2D eigenvalue weighted by Crippen LogP contribution is 2.38. The third-order valence-electron chi connectivity index (χ3n) is 3.52. The maximum Gasteiger partial charge on any atom is 0.179 e. The van der Waals surface area contributed by atoms with Crippen molar-refractivity contribution in [1.82, 2.24) is 0 Å². The lowest BCUT2D eigenvalue weighted by atomic mass is 9.90. The molecule has 23 heavy (non-hydrogen) atoms. The van der Waals surface area contributed by atoms with E-state index >= 15 is 0 Å². The second-order valence-electron chi connectivity index (χ2n) is 5.15. The van der Waals surface area contributed by atoms with Gasteiger partial charge in [0.15, 0.2) is 27.2 Å². The Labute approximate surface area is 138 Å². The lowest BCUT2D eigenvalue weighted by molar-refractivity contribution is -0.123. The molecule has 0 radical (unpaired) electrons. The van der Waals surface area contributed by atoms with Gasteiger partial charge in [-0.3, -0.25) is 9.59 Å². The molecule has 0 spiro atoms. The lowest BCUT2D eigenvalue weighted by Gasteiger charge is -2.16. The van der Waals surface area contributed by atoms with Crippen molar-refractivity contribution in [3.8, 4) is 5.75 Å². The van der Waals surface area contributed by atoms with Gasteiger partial charge in [0.25, 0.3) is 0 Å². The molecule has 1 aromatic carbocycles. The first-order valence-electron chi connectivity index (χ1n) is 6.75. The van der Waals surface area contributed by atoms with Crippen LogP contribution in [-0.2, 0) is 19.4 Å². The number of ether oxygens (including phenoxy) is 1. The average Bonchev–Trinajstić information content (AvgIpc) is 2.45. The molecule has 0 aromatic heterocycles. The Bertz CT molecular complexity index is 805. The first-order valence-corrected chi connectivity index (χ1v) is 9.02. The molecule has 0 heterocycles. The lowest BCUT2D eigenvalue weighted by Crippen LogP contribution is -2.20. The molecular formula is C15H15ClO6S. The number of Topliss-reactive ketones (excluding diaryl/α,β-unsaturated/α-hetero) is 2. The van der Waals surface area contributed by atoms with Crippen LogP contribution in [0.15, 0.2) is 22.6 Å². The molecule has 1 aliphatic carbocycles. The first kappa shape index (κ1) is 17.5. The predicted molar refractivity (Wildman–Crippen MR) is 84.5 cm³/mol. The largest absolute Gasteiger partial charge is 0.506 e. The highest BCUT2D eigenvalue weighted by molar-refractivity contribution is 7.90. The number of benzene rings is 1. The van der Waals surface area contributed by atoms with Gasteiger partial charge in [0, 0.05) is 24.7 Å². The molecule has 0 atom stereocenters. The van der Waals surface area contributed by atoms with E-state index in [9.17, 15) is 23.1 Å². The van der Waals surface area contributed by atoms with Gasteiger partial charge in [0.2, 0.25) is 0 Å². The highest BCUT2D eigenvalue weighted by atomic mass is 35.5. The maximum absolute atomic E-state index is 11.9. The van der Waals surface area contributed by atoms with Crippen LogP contribution in [0.25, 0.3) is 5.76 Å². The minimum Gasteiger partial charge on any atom is -0.506 e. The molecule has 6 nitrogen and oxygen atoms in total. The minimum atomic E-state index is -3.60. The van der Waals surface area contributed by atoms with Crippen molar-refractivity contribution in [3.05, 3.63) is 28.3 Å². The van der Waals surface area contributed by atoms with E-state index in [1.165, 1.54) is 19.2 Å². The van der Waals surface area contributed by atoms with E-state index in [1.807, 2.05) is 0 Å². The summed E-state index contributed by atoms with van der Waals surface area (Å²) in [4.78, 5) is 23.7. The van der Waals surface area contributed by atoms with Gasteiger partial charge in [-0.25, -0.2) is 8.42 Å². The zero-order valence-corrected chi connectivity index (χ0v) is 14.1. The second-order valence-corrected chi connectivity index (χ2v) is 7.52. The van der Waals surface area contributed by atoms with Gasteiger partial charge in [0.05, 0.1) is 12.1 Å². The Balaban J connectivity index is 2.70. The first-order chi connectivity index (χ1) is 10.7. The summed E-state index contributed by atoms with van der Waals surface area (Å²) in [6.07, 6.45) is 1.77. The molecule has 1 fully saturated rings. The van der Waals surface area contributed by atoms with Crippen molar-refractivity contribution >= 4 is 38.8 Å². The highest BCUT2D eigenvalue weighted by Gasteiger charge is 2.30. The molecule has 0 amide bonds. The van der Waals surface area contributed by atoms with Crippen molar-refractivity contribution in [2.75, 3.05) is 13.4 Å². The second kappa shape index (κ2) is 6.33. The summed E-state index contributed by atoms with van der Waals surface area (Å²) < 4.78 is 28.5. The van der Waals surface area contributed by atoms with E-state index in [2.05, 4.69) is 0 Å². The molecular weight excluding hydrogens is 344 g/mol. The maximum atomic E-state index is 11.9. The summed E-state index contributed by atoms with van der Waals surface area (Å²) in [7, 11) is -2.36. The fraction of sp³-hybridized carbons (Fsp3) is 0.333. The Morgan fingerprint density at radius 1 is 1.22 bits per heavy atom. The number of halogens is 1. The zero-order valence-electron chi connectivity index (χ0n) is 12.6. The van der Waals surface area contributed by atoms with Crippen molar-refractivity contribution in [2.45, 2.75) is 24.2 Å². The predicted octanol–water partition coefficient (Wildman–Crippen LogP) is 2.34. The number of hydrogen-bond acceptors (Lipinski definition) is 6. The Kier molecular flexibility index (Phi) is 4.81. The van der Waals surface area contributed by atoms with E-state index in [0.29, 0.717) is 6.42 Å². The van der Waals surface area contributed by atoms with Crippen LogP contribution in [0, 0.1) is 0 Å². The molecule has 124 valence electrons. The normalized spacial score (nSPS) is 15.7. The van der Waals surface area contributed by atoms with Gasteiger partial charge in [-0.2, -0.15) is 0 Å². The number of aliphatic hydroxyl groups excluding tert-OH is 1. The molecule has 0 saturated heterocycles. The van der Waals surface area contributed by atoms with Gasteiger partial charge in [-0.15, -0.1) is 0 Å². The molecule has 1 N–H and O–H groups in total. The number of aliphatic hydroxyl groups is 1. The topological polar surface area (TPSA) is 97.7 Å². The van der Waals surface area contributed by atoms with E-state index < -0.39 is 27.2 Å². The van der Waals surface area contributed by atoms with E-state index in [4.69, 9.17) is 16.3 Å². The molecule has 0 bridgehead atoms. The standard InChI is InChI=1S/C15H15ClO6S/c1-22-15-11(23(2,20)21)7-6-8(13(15)16)14(19)12-9(17)4-3-5-10(12)18/h6-7,19H,3-5H2,1-2H3. The number of allylic oxidation sites excluding steroid dienone is 1. The molecule has 0 unspecified atom stereocenters. The van der Waals surface area contributed by atoms with Gasteiger partial charge in [0.1, 0.15) is 16.2 Å². The van der Waals surface area contributed by atoms with Gasteiger partial charge in [-0.05, 0) is 18.6 Å². The van der Waals surface area contributed by atoms with Crippen LogP contribution in [0.3, 0.4) is 0 Å². The van der Waals surface area contributed by atoms with Gasteiger partial charge < -0.3 is 9.84 Å². The molecule has 1 aromatic rings. The van der Waals surface area contributed by atoms with E-state index in [-0.39, 0.29) is 39.6 Å². The summed E-state index contributed by atoms with van der Waals surface area (Å²) in [5.74, 6) is -1.61.